The Morgan fingerprint density at radius 1 is 1.29 bits per heavy atom. The van der Waals surface area contributed by atoms with E-state index < -0.39 is 0 Å². The van der Waals surface area contributed by atoms with Crippen LogP contribution in [0.3, 0.4) is 0 Å². The maximum absolute atomic E-state index is 8.85. The summed E-state index contributed by atoms with van der Waals surface area (Å²) in [6.45, 7) is 5.08. The largest absolute Gasteiger partial charge is 0.490 e. The summed E-state index contributed by atoms with van der Waals surface area (Å²) in [7, 11) is 0. The van der Waals surface area contributed by atoms with Crippen LogP contribution in [-0.2, 0) is 0 Å². The number of unbranched alkanes of at least 4 members (excludes halogenated alkanes) is 1. The lowest BCUT2D eigenvalue weighted by molar-refractivity contribution is 0.273. The zero-order chi connectivity index (χ0) is 12.7. The van der Waals surface area contributed by atoms with Gasteiger partial charge in [0, 0.05) is 6.07 Å². The van der Waals surface area contributed by atoms with Gasteiger partial charge in [0.15, 0.2) is 11.5 Å². The molecule has 1 aromatic carbocycles. The predicted octanol–water partition coefficient (Wildman–Crippen LogP) is 3.79. The highest BCUT2D eigenvalue weighted by atomic mass is 35.5. The number of halogens is 1. The summed E-state index contributed by atoms with van der Waals surface area (Å²) in [5.41, 5.74) is 0.473. The SMILES string of the molecule is CCCCOc1c(Cl)cc(C#N)cc1OCC. The van der Waals surface area contributed by atoms with E-state index in [0.717, 1.165) is 12.8 Å². The summed E-state index contributed by atoms with van der Waals surface area (Å²) in [5.74, 6) is 1.06. The molecular formula is C13H16ClNO2. The lowest BCUT2D eigenvalue weighted by Gasteiger charge is -2.13. The Labute approximate surface area is 107 Å². The normalized spacial score (nSPS) is 9.76. The average molecular weight is 254 g/mol. The predicted molar refractivity (Wildman–Crippen MR) is 67.7 cm³/mol. The second-order valence-electron chi connectivity index (χ2n) is 3.53. The topological polar surface area (TPSA) is 42.2 Å². The van der Waals surface area contributed by atoms with Gasteiger partial charge in [-0.3, -0.25) is 0 Å². The highest BCUT2D eigenvalue weighted by Crippen LogP contribution is 2.36. The number of ether oxygens (including phenoxy) is 2. The Balaban J connectivity index is 2.96. The third kappa shape index (κ3) is 3.83. The van der Waals surface area contributed by atoms with Gasteiger partial charge in [-0.15, -0.1) is 0 Å². The van der Waals surface area contributed by atoms with E-state index in [1.165, 1.54) is 0 Å². The van der Waals surface area contributed by atoms with Crippen LogP contribution in [0.25, 0.3) is 0 Å². The summed E-state index contributed by atoms with van der Waals surface area (Å²) in [4.78, 5) is 0. The molecule has 0 aliphatic heterocycles. The molecule has 0 spiro atoms. The zero-order valence-corrected chi connectivity index (χ0v) is 10.9. The smallest absolute Gasteiger partial charge is 0.179 e. The lowest BCUT2D eigenvalue weighted by atomic mass is 10.2. The lowest BCUT2D eigenvalue weighted by Crippen LogP contribution is -2.01. The molecule has 17 heavy (non-hydrogen) atoms. The van der Waals surface area contributed by atoms with E-state index in [-0.39, 0.29) is 0 Å². The fraction of sp³-hybridized carbons (Fsp3) is 0.462. The molecule has 3 nitrogen and oxygen atoms in total. The average Bonchev–Trinajstić information content (AvgIpc) is 2.32. The molecule has 0 saturated heterocycles. The van der Waals surface area contributed by atoms with Crippen LogP contribution in [0.2, 0.25) is 5.02 Å². The third-order valence-electron chi connectivity index (χ3n) is 2.18. The molecule has 4 heteroatoms. The number of benzene rings is 1. The van der Waals surface area contributed by atoms with Crippen molar-refractivity contribution in [2.45, 2.75) is 26.7 Å². The number of nitriles is 1. The van der Waals surface area contributed by atoms with Crippen LogP contribution < -0.4 is 9.47 Å². The van der Waals surface area contributed by atoms with Crippen molar-refractivity contribution >= 4 is 11.6 Å². The van der Waals surface area contributed by atoms with E-state index in [2.05, 4.69) is 6.92 Å². The molecule has 0 heterocycles. The van der Waals surface area contributed by atoms with Crippen molar-refractivity contribution in [2.75, 3.05) is 13.2 Å². The quantitative estimate of drug-likeness (QED) is 0.725. The summed E-state index contributed by atoms with van der Waals surface area (Å²) < 4.78 is 11.0. The minimum absolute atomic E-state index is 0.420. The molecule has 0 aliphatic carbocycles. The molecule has 0 N–H and O–H groups in total. The van der Waals surface area contributed by atoms with Crippen LogP contribution in [0.5, 0.6) is 11.5 Å². The Morgan fingerprint density at radius 3 is 2.65 bits per heavy atom. The Hall–Kier alpha value is -1.40. The molecule has 0 fully saturated rings. The van der Waals surface area contributed by atoms with Gasteiger partial charge in [-0.05, 0) is 19.4 Å². The fourth-order valence-corrected chi connectivity index (χ4v) is 1.62. The molecule has 0 atom stereocenters. The summed E-state index contributed by atoms with van der Waals surface area (Å²) in [6.07, 6.45) is 2.01. The summed E-state index contributed by atoms with van der Waals surface area (Å²) in [5, 5.41) is 9.27. The first kappa shape index (κ1) is 13.7. The van der Waals surface area contributed by atoms with Crippen LogP contribution >= 0.6 is 11.6 Å². The number of hydrogen-bond donors (Lipinski definition) is 0. The second-order valence-corrected chi connectivity index (χ2v) is 3.94. The van der Waals surface area contributed by atoms with Crippen LogP contribution in [0, 0.1) is 11.3 Å². The first-order valence-electron chi connectivity index (χ1n) is 5.72. The Bertz CT molecular complexity index is 413. The fourth-order valence-electron chi connectivity index (χ4n) is 1.35. The van der Waals surface area contributed by atoms with Crippen molar-refractivity contribution in [1.82, 2.24) is 0 Å². The highest BCUT2D eigenvalue weighted by Gasteiger charge is 2.12. The van der Waals surface area contributed by atoms with E-state index in [1.807, 2.05) is 13.0 Å². The molecule has 0 radical (unpaired) electrons. The monoisotopic (exact) mass is 253 g/mol. The molecule has 0 aromatic heterocycles. The van der Waals surface area contributed by atoms with Gasteiger partial charge >= 0.3 is 0 Å². The van der Waals surface area contributed by atoms with Gasteiger partial charge in [0.05, 0.1) is 29.9 Å². The minimum Gasteiger partial charge on any atom is -0.490 e. The zero-order valence-electron chi connectivity index (χ0n) is 10.1. The maximum atomic E-state index is 8.85. The molecule has 0 aliphatic rings. The van der Waals surface area contributed by atoms with Gasteiger partial charge in [-0.2, -0.15) is 5.26 Å². The van der Waals surface area contributed by atoms with E-state index in [4.69, 9.17) is 26.3 Å². The molecule has 0 bridgehead atoms. The number of rotatable bonds is 6. The van der Waals surface area contributed by atoms with Crippen LogP contribution in [-0.4, -0.2) is 13.2 Å². The van der Waals surface area contributed by atoms with Gasteiger partial charge in [-0.25, -0.2) is 0 Å². The van der Waals surface area contributed by atoms with E-state index in [1.54, 1.807) is 12.1 Å². The van der Waals surface area contributed by atoms with Crippen LogP contribution in [0.4, 0.5) is 0 Å². The molecule has 1 rings (SSSR count). The summed E-state index contributed by atoms with van der Waals surface area (Å²) >= 11 is 6.07. The molecule has 0 amide bonds. The van der Waals surface area contributed by atoms with Crippen molar-refractivity contribution in [1.29, 1.82) is 5.26 Å². The molecule has 0 saturated carbocycles. The first-order chi connectivity index (χ1) is 8.22. The Kier molecular flexibility index (Phi) is 5.65. The minimum atomic E-state index is 0.420. The van der Waals surface area contributed by atoms with Crippen LogP contribution in [0.15, 0.2) is 12.1 Å². The molecule has 0 unspecified atom stereocenters. The molecular weight excluding hydrogens is 238 g/mol. The summed E-state index contributed by atoms with van der Waals surface area (Å²) in [6, 6.07) is 5.28. The van der Waals surface area contributed by atoms with Crippen LogP contribution in [0.1, 0.15) is 32.3 Å². The van der Waals surface area contributed by atoms with Gasteiger partial charge in [-0.1, -0.05) is 24.9 Å². The van der Waals surface area contributed by atoms with Crippen molar-refractivity contribution < 1.29 is 9.47 Å². The van der Waals surface area contributed by atoms with Gasteiger partial charge in [0.2, 0.25) is 0 Å². The van der Waals surface area contributed by atoms with Crippen molar-refractivity contribution in [2.24, 2.45) is 0 Å². The number of hydrogen-bond acceptors (Lipinski definition) is 3. The maximum Gasteiger partial charge on any atom is 0.179 e. The standard InChI is InChI=1S/C13H16ClNO2/c1-3-5-6-17-13-11(14)7-10(9-15)8-12(13)16-4-2/h7-8H,3-6H2,1-2H3. The van der Waals surface area contributed by atoms with E-state index in [9.17, 15) is 0 Å². The van der Waals surface area contributed by atoms with Gasteiger partial charge < -0.3 is 9.47 Å². The van der Waals surface area contributed by atoms with Gasteiger partial charge in [0.1, 0.15) is 0 Å². The Morgan fingerprint density at radius 2 is 2.06 bits per heavy atom. The first-order valence-corrected chi connectivity index (χ1v) is 6.10. The second kappa shape index (κ2) is 7.03. The highest BCUT2D eigenvalue weighted by molar-refractivity contribution is 6.32. The number of nitrogens with zero attached hydrogens (tertiary/aromatic N) is 1. The molecule has 1 aromatic rings. The van der Waals surface area contributed by atoms with E-state index >= 15 is 0 Å². The molecule has 92 valence electrons. The third-order valence-corrected chi connectivity index (χ3v) is 2.46. The van der Waals surface area contributed by atoms with Crippen molar-refractivity contribution in [3.8, 4) is 17.6 Å². The van der Waals surface area contributed by atoms with Gasteiger partial charge in [0.25, 0.3) is 0 Å². The van der Waals surface area contributed by atoms with Crippen molar-refractivity contribution in [3.05, 3.63) is 22.7 Å². The van der Waals surface area contributed by atoms with E-state index in [0.29, 0.717) is 35.3 Å². The van der Waals surface area contributed by atoms with Crippen molar-refractivity contribution in [3.63, 3.8) is 0 Å².